The fourth-order valence-electron chi connectivity index (χ4n) is 2.49. The molecule has 0 aliphatic carbocycles. The standard InChI is InChI=1S/C20H18FN3O3S/c1-27-16-7-4-6-14(11-16)19(26)22-12-18(25)23-20-24(9-10-28-20)13-15-5-2-3-8-17(15)21/h2-11H,12-13H2,1H3,(H,22,26). The summed E-state index contributed by atoms with van der Waals surface area (Å²) in [6.07, 6.45) is 1.73. The number of rotatable bonds is 6. The summed E-state index contributed by atoms with van der Waals surface area (Å²) in [6.45, 7) is 0.0199. The second-order valence-corrected chi connectivity index (χ2v) is 6.70. The average Bonchev–Trinajstić information content (AvgIpc) is 3.14. The highest BCUT2D eigenvalue weighted by Crippen LogP contribution is 2.12. The minimum atomic E-state index is -0.499. The number of ether oxygens (including phenoxy) is 1. The molecule has 28 heavy (non-hydrogen) atoms. The maximum atomic E-state index is 13.8. The van der Waals surface area contributed by atoms with Crippen LogP contribution in [0, 0.1) is 5.82 Å². The molecule has 0 aliphatic rings. The van der Waals surface area contributed by atoms with Crippen molar-refractivity contribution < 1.29 is 18.7 Å². The van der Waals surface area contributed by atoms with Gasteiger partial charge in [0.1, 0.15) is 11.6 Å². The first-order chi connectivity index (χ1) is 13.6. The van der Waals surface area contributed by atoms with Crippen LogP contribution in [-0.2, 0) is 11.3 Å². The van der Waals surface area contributed by atoms with Crippen LogP contribution in [0.1, 0.15) is 15.9 Å². The van der Waals surface area contributed by atoms with Gasteiger partial charge in [-0.3, -0.25) is 9.59 Å². The molecule has 1 aromatic heterocycles. The van der Waals surface area contributed by atoms with Crippen LogP contribution in [0.3, 0.4) is 0 Å². The Bertz CT molecular complexity index is 1060. The summed E-state index contributed by atoms with van der Waals surface area (Å²) in [4.78, 5) is 28.8. The van der Waals surface area contributed by atoms with Gasteiger partial charge in [0.2, 0.25) is 0 Å². The molecule has 1 heterocycles. The second-order valence-electron chi connectivity index (χ2n) is 5.83. The quantitative estimate of drug-likeness (QED) is 0.693. The Kier molecular flexibility index (Phi) is 6.33. The third-order valence-corrected chi connectivity index (χ3v) is 4.71. The highest BCUT2D eigenvalue weighted by atomic mass is 32.1. The Morgan fingerprint density at radius 2 is 2.04 bits per heavy atom. The first-order valence-electron chi connectivity index (χ1n) is 8.44. The molecule has 0 radical (unpaired) electrons. The van der Waals surface area contributed by atoms with Crippen LogP contribution in [0.15, 0.2) is 65.1 Å². The Balaban J connectivity index is 1.66. The molecule has 3 rings (SSSR count). The molecule has 144 valence electrons. The summed E-state index contributed by atoms with van der Waals surface area (Å²) in [7, 11) is 1.51. The molecular formula is C20H18FN3O3S. The number of carbonyl (C=O) groups is 2. The van der Waals surface area contributed by atoms with Crippen molar-refractivity contribution in [2.75, 3.05) is 13.7 Å². The van der Waals surface area contributed by atoms with Gasteiger partial charge in [-0.1, -0.05) is 24.3 Å². The number of methoxy groups -OCH3 is 1. The summed E-state index contributed by atoms with van der Waals surface area (Å²) in [6, 6.07) is 13.1. The van der Waals surface area contributed by atoms with E-state index in [9.17, 15) is 14.0 Å². The number of hydrogen-bond acceptors (Lipinski definition) is 4. The molecule has 3 aromatic rings. The predicted octanol–water partition coefficient (Wildman–Crippen LogP) is 2.60. The lowest BCUT2D eigenvalue weighted by atomic mass is 10.2. The van der Waals surface area contributed by atoms with Crippen molar-refractivity contribution in [2.45, 2.75) is 6.54 Å². The van der Waals surface area contributed by atoms with Crippen LogP contribution >= 0.6 is 11.3 Å². The van der Waals surface area contributed by atoms with Crippen LogP contribution in [0.4, 0.5) is 4.39 Å². The van der Waals surface area contributed by atoms with Crippen molar-refractivity contribution in [2.24, 2.45) is 4.99 Å². The zero-order valence-corrected chi connectivity index (χ0v) is 15.9. The van der Waals surface area contributed by atoms with Crippen molar-refractivity contribution in [3.63, 3.8) is 0 Å². The number of aromatic nitrogens is 1. The topological polar surface area (TPSA) is 72.7 Å². The predicted molar refractivity (Wildman–Crippen MR) is 104 cm³/mol. The number of benzene rings is 2. The van der Waals surface area contributed by atoms with E-state index in [0.29, 0.717) is 21.7 Å². The maximum absolute atomic E-state index is 13.8. The van der Waals surface area contributed by atoms with Gasteiger partial charge < -0.3 is 14.6 Å². The molecular weight excluding hydrogens is 381 g/mol. The van der Waals surface area contributed by atoms with Crippen LogP contribution in [0.2, 0.25) is 0 Å². The van der Waals surface area contributed by atoms with Crippen molar-refractivity contribution in [1.82, 2.24) is 9.88 Å². The molecule has 1 N–H and O–H groups in total. The molecule has 8 heteroatoms. The Morgan fingerprint density at radius 3 is 2.82 bits per heavy atom. The molecule has 0 saturated carbocycles. The molecule has 2 aromatic carbocycles. The Hall–Kier alpha value is -3.26. The van der Waals surface area contributed by atoms with Gasteiger partial charge in [-0.15, -0.1) is 11.3 Å². The SMILES string of the molecule is COc1cccc(C(=O)NCC(=O)N=c2sccn2Cc2ccccc2F)c1. The Morgan fingerprint density at radius 1 is 1.21 bits per heavy atom. The van der Waals surface area contributed by atoms with E-state index >= 15 is 0 Å². The van der Waals surface area contributed by atoms with E-state index in [-0.39, 0.29) is 18.9 Å². The minimum absolute atomic E-state index is 0.242. The zero-order chi connectivity index (χ0) is 19.9. The highest BCUT2D eigenvalue weighted by molar-refractivity contribution is 7.07. The minimum Gasteiger partial charge on any atom is -0.497 e. The summed E-state index contributed by atoms with van der Waals surface area (Å²) in [5.41, 5.74) is 0.888. The second kappa shape index (κ2) is 9.09. The van der Waals surface area contributed by atoms with E-state index in [1.807, 2.05) is 0 Å². The van der Waals surface area contributed by atoms with Crippen LogP contribution in [0.25, 0.3) is 0 Å². The number of nitrogens with zero attached hydrogens (tertiary/aromatic N) is 2. The van der Waals surface area contributed by atoms with E-state index in [0.717, 1.165) is 0 Å². The number of halogens is 1. The number of carbonyl (C=O) groups excluding carboxylic acids is 2. The molecule has 0 unspecified atom stereocenters. The number of hydrogen-bond donors (Lipinski definition) is 1. The van der Waals surface area contributed by atoms with E-state index < -0.39 is 11.8 Å². The molecule has 0 bridgehead atoms. The lowest BCUT2D eigenvalue weighted by Crippen LogP contribution is -2.30. The van der Waals surface area contributed by atoms with Gasteiger partial charge in [0.05, 0.1) is 20.2 Å². The summed E-state index contributed by atoms with van der Waals surface area (Å²) >= 11 is 1.26. The molecule has 0 saturated heterocycles. The van der Waals surface area contributed by atoms with E-state index in [4.69, 9.17) is 4.74 Å². The third-order valence-electron chi connectivity index (χ3n) is 3.91. The Labute approximate surface area is 164 Å². The van der Waals surface area contributed by atoms with Gasteiger partial charge in [-0.05, 0) is 24.3 Å². The van der Waals surface area contributed by atoms with Gasteiger partial charge in [0.15, 0.2) is 4.80 Å². The van der Waals surface area contributed by atoms with Crippen molar-refractivity contribution >= 4 is 23.2 Å². The normalized spacial score (nSPS) is 11.3. The van der Waals surface area contributed by atoms with Crippen molar-refractivity contribution in [3.05, 3.63) is 81.9 Å². The molecule has 6 nitrogen and oxygen atoms in total. The maximum Gasteiger partial charge on any atom is 0.267 e. The summed E-state index contributed by atoms with van der Waals surface area (Å²) in [5.74, 6) is -0.658. The van der Waals surface area contributed by atoms with Gasteiger partial charge in [0.25, 0.3) is 11.8 Å². The summed E-state index contributed by atoms with van der Waals surface area (Å²) in [5, 5.41) is 4.30. The monoisotopic (exact) mass is 399 g/mol. The average molecular weight is 399 g/mol. The van der Waals surface area contributed by atoms with E-state index in [1.165, 1.54) is 24.5 Å². The summed E-state index contributed by atoms with van der Waals surface area (Å²) < 4.78 is 20.6. The molecule has 0 atom stereocenters. The fraction of sp³-hybridized carbons (Fsp3) is 0.150. The van der Waals surface area contributed by atoms with Gasteiger partial charge in [-0.2, -0.15) is 4.99 Å². The molecule has 2 amide bonds. The van der Waals surface area contributed by atoms with Crippen LogP contribution in [-0.4, -0.2) is 30.0 Å². The largest absolute Gasteiger partial charge is 0.497 e. The van der Waals surface area contributed by atoms with Crippen molar-refractivity contribution in [3.8, 4) is 5.75 Å². The van der Waals surface area contributed by atoms with Gasteiger partial charge >= 0.3 is 0 Å². The third kappa shape index (κ3) is 4.92. The first kappa shape index (κ1) is 19.5. The van der Waals surface area contributed by atoms with Crippen LogP contribution in [0.5, 0.6) is 5.75 Å². The smallest absolute Gasteiger partial charge is 0.267 e. The van der Waals surface area contributed by atoms with Crippen LogP contribution < -0.4 is 14.9 Å². The van der Waals surface area contributed by atoms with E-state index in [1.54, 1.807) is 58.6 Å². The van der Waals surface area contributed by atoms with Gasteiger partial charge in [-0.25, -0.2) is 4.39 Å². The van der Waals surface area contributed by atoms with Crippen molar-refractivity contribution in [1.29, 1.82) is 0 Å². The van der Waals surface area contributed by atoms with Gasteiger partial charge in [0, 0.05) is 22.7 Å². The van der Waals surface area contributed by atoms with E-state index in [2.05, 4.69) is 10.3 Å². The lowest BCUT2D eigenvalue weighted by Gasteiger charge is -2.05. The molecule has 0 aliphatic heterocycles. The molecule has 0 spiro atoms. The number of amides is 2. The first-order valence-corrected chi connectivity index (χ1v) is 9.32. The number of thiazole rings is 1. The fourth-order valence-corrected chi connectivity index (χ4v) is 3.23. The zero-order valence-electron chi connectivity index (χ0n) is 15.1. The molecule has 0 fully saturated rings. The highest BCUT2D eigenvalue weighted by Gasteiger charge is 2.09. The lowest BCUT2D eigenvalue weighted by molar-refractivity contribution is -0.117. The number of nitrogens with one attached hydrogen (secondary N) is 1.